The highest BCUT2D eigenvalue weighted by Crippen LogP contribution is 2.24. The molecule has 0 fully saturated rings. The number of carbonyl (C=O) groups is 1. The van der Waals surface area contributed by atoms with Crippen LogP contribution in [0.1, 0.15) is 22.8 Å². The second-order valence-electron chi connectivity index (χ2n) is 5.03. The molecule has 0 spiro atoms. The van der Waals surface area contributed by atoms with E-state index >= 15 is 0 Å². The summed E-state index contributed by atoms with van der Waals surface area (Å²) in [7, 11) is 0. The lowest BCUT2D eigenvalue weighted by Gasteiger charge is -2.03. The summed E-state index contributed by atoms with van der Waals surface area (Å²) in [6, 6.07) is 5.80. The van der Waals surface area contributed by atoms with Crippen LogP contribution < -0.4 is 5.32 Å². The van der Waals surface area contributed by atoms with Gasteiger partial charge in [0.25, 0.3) is 0 Å². The fourth-order valence-electron chi connectivity index (χ4n) is 2.20. The summed E-state index contributed by atoms with van der Waals surface area (Å²) in [6.07, 6.45) is 0.263. The molecule has 1 N–H and O–H groups in total. The number of hydrogen-bond donors (Lipinski definition) is 1. The van der Waals surface area contributed by atoms with Crippen LogP contribution in [0.2, 0.25) is 0 Å². The van der Waals surface area contributed by atoms with Crippen molar-refractivity contribution >= 4 is 17.2 Å². The van der Waals surface area contributed by atoms with E-state index in [4.69, 9.17) is 8.94 Å². The predicted molar refractivity (Wildman–Crippen MR) is 83.5 cm³/mol. The summed E-state index contributed by atoms with van der Waals surface area (Å²) in [5.41, 5.74) is 2.65. The Morgan fingerprint density at radius 3 is 2.86 bits per heavy atom. The van der Waals surface area contributed by atoms with E-state index in [0.717, 1.165) is 28.3 Å². The zero-order chi connectivity index (χ0) is 15.5. The normalized spacial score (nSPS) is 10.8. The highest BCUT2D eigenvalue weighted by atomic mass is 32.1. The average Bonchev–Trinajstić information content (AvgIpc) is 3.22. The highest BCUT2D eigenvalue weighted by molar-refractivity contribution is 7.08. The van der Waals surface area contributed by atoms with Crippen molar-refractivity contribution in [1.29, 1.82) is 0 Å². The summed E-state index contributed by atoms with van der Waals surface area (Å²) >= 11 is 1.62. The van der Waals surface area contributed by atoms with Crippen LogP contribution in [0, 0.1) is 13.8 Å². The van der Waals surface area contributed by atoms with Crippen molar-refractivity contribution in [3.05, 3.63) is 51.7 Å². The molecule has 114 valence electrons. The van der Waals surface area contributed by atoms with Crippen LogP contribution in [0.15, 0.2) is 37.9 Å². The van der Waals surface area contributed by atoms with Crippen molar-refractivity contribution in [2.24, 2.45) is 0 Å². The molecule has 1 amide bonds. The first-order valence-electron chi connectivity index (χ1n) is 6.93. The van der Waals surface area contributed by atoms with Gasteiger partial charge in [-0.05, 0) is 37.4 Å². The van der Waals surface area contributed by atoms with Gasteiger partial charge in [0.1, 0.15) is 17.3 Å². The van der Waals surface area contributed by atoms with Crippen LogP contribution >= 0.6 is 11.3 Å². The summed E-state index contributed by atoms with van der Waals surface area (Å²) in [5.74, 6) is 2.15. The van der Waals surface area contributed by atoms with Crippen molar-refractivity contribution in [2.45, 2.75) is 26.8 Å². The van der Waals surface area contributed by atoms with E-state index in [1.807, 2.05) is 42.8 Å². The topological polar surface area (TPSA) is 68.3 Å². The molecule has 0 atom stereocenters. The van der Waals surface area contributed by atoms with Crippen LogP contribution in [0.3, 0.4) is 0 Å². The first kappa shape index (κ1) is 14.6. The van der Waals surface area contributed by atoms with Gasteiger partial charge in [0, 0.05) is 16.5 Å². The number of hydrogen-bond acceptors (Lipinski definition) is 5. The van der Waals surface area contributed by atoms with Gasteiger partial charge in [0.05, 0.1) is 18.7 Å². The lowest BCUT2D eigenvalue weighted by Crippen LogP contribution is -2.24. The first-order chi connectivity index (χ1) is 10.6. The minimum atomic E-state index is -0.0807. The fourth-order valence-corrected chi connectivity index (χ4v) is 2.84. The number of aryl methyl sites for hydroxylation is 2. The Hall–Kier alpha value is -2.34. The molecule has 3 aromatic rings. The number of amides is 1. The number of carbonyl (C=O) groups excluding carboxylic acids is 1. The van der Waals surface area contributed by atoms with Gasteiger partial charge in [-0.1, -0.05) is 5.16 Å². The van der Waals surface area contributed by atoms with Crippen molar-refractivity contribution < 1.29 is 13.7 Å². The minimum absolute atomic E-state index is 0.0807. The summed E-state index contributed by atoms with van der Waals surface area (Å²) in [6.45, 7) is 4.01. The predicted octanol–water partition coefficient (Wildman–Crippen LogP) is 3.47. The smallest absolute Gasteiger partial charge is 0.225 e. The maximum absolute atomic E-state index is 12.0. The van der Waals surface area contributed by atoms with Crippen LogP contribution in [0.5, 0.6) is 0 Å². The molecule has 6 heteroatoms. The zero-order valence-electron chi connectivity index (χ0n) is 12.4. The Bertz CT molecular complexity index is 752. The molecule has 0 aliphatic rings. The Labute approximate surface area is 131 Å². The van der Waals surface area contributed by atoms with E-state index in [9.17, 15) is 4.79 Å². The zero-order valence-corrected chi connectivity index (χ0v) is 13.2. The van der Waals surface area contributed by atoms with Gasteiger partial charge in [0.2, 0.25) is 5.91 Å². The molecule has 0 aromatic carbocycles. The second-order valence-corrected chi connectivity index (χ2v) is 5.81. The van der Waals surface area contributed by atoms with Gasteiger partial charge in [0.15, 0.2) is 0 Å². The average molecular weight is 316 g/mol. The third-order valence-electron chi connectivity index (χ3n) is 3.45. The molecule has 0 aliphatic carbocycles. The number of aromatic nitrogens is 1. The monoisotopic (exact) mass is 316 g/mol. The summed E-state index contributed by atoms with van der Waals surface area (Å²) in [4.78, 5) is 12.0. The standard InChI is InChI=1S/C16H16N2O3S/c1-10-14(11(2)21-18-10)7-16(19)17-8-13-3-4-15(20-13)12-5-6-22-9-12/h3-6,9H,7-8H2,1-2H3,(H,17,19). The number of nitrogens with one attached hydrogen (secondary N) is 1. The Kier molecular flexibility index (Phi) is 4.11. The van der Waals surface area contributed by atoms with Crippen LogP contribution in [-0.2, 0) is 17.8 Å². The molecule has 0 saturated heterocycles. The van der Waals surface area contributed by atoms with Crippen LogP contribution in [0.4, 0.5) is 0 Å². The third-order valence-corrected chi connectivity index (χ3v) is 4.13. The maximum atomic E-state index is 12.0. The first-order valence-corrected chi connectivity index (χ1v) is 7.87. The minimum Gasteiger partial charge on any atom is -0.459 e. The van der Waals surface area contributed by atoms with Gasteiger partial charge in [-0.25, -0.2) is 0 Å². The van der Waals surface area contributed by atoms with E-state index in [0.29, 0.717) is 12.3 Å². The van der Waals surface area contributed by atoms with Crippen molar-refractivity contribution in [1.82, 2.24) is 10.5 Å². The van der Waals surface area contributed by atoms with E-state index in [1.165, 1.54) is 0 Å². The molecule has 5 nitrogen and oxygen atoms in total. The third kappa shape index (κ3) is 3.12. The lowest BCUT2D eigenvalue weighted by atomic mass is 10.1. The molecule has 0 bridgehead atoms. The summed E-state index contributed by atoms with van der Waals surface area (Å²) in [5, 5.41) is 10.7. The van der Waals surface area contributed by atoms with Gasteiger partial charge in [-0.3, -0.25) is 4.79 Å². The number of furan rings is 1. The van der Waals surface area contributed by atoms with E-state index in [2.05, 4.69) is 10.5 Å². The van der Waals surface area contributed by atoms with Crippen LogP contribution in [-0.4, -0.2) is 11.1 Å². The summed E-state index contributed by atoms with van der Waals surface area (Å²) < 4.78 is 10.8. The molecule has 0 unspecified atom stereocenters. The molecule has 0 radical (unpaired) electrons. The molecule has 3 aromatic heterocycles. The molecule has 3 heterocycles. The number of rotatable bonds is 5. The highest BCUT2D eigenvalue weighted by Gasteiger charge is 2.13. The Morgan fingerprint density at radius 1 is 1.32 bits per heavy atom. The largest absolute Gasteiger partial charge is 0.459 e. The second kappa shape index (κ2) is 6.19. The fraction of sp³-hybridized carbons (Fsp3) is 0.250. The van der Waals surface area contributed by atoms with Gasteiger partial charge >= 0.3 is 0 Å². The molecular formula is C16H16N2O3S. The van der Waals surface area contributed by atoms with Crippen molar-refractivity contribution in [2.75, 3.05) is 0 Å². The van der Waals surface area contributed by atoms with Crippen molar-refractivity contribution in [3.63, 3.8) is 0 Å². The Balaban J connectivity index is 1.57. The quantitative estimate of drug-likeness (QED) is 0.782. The maximum Gasteiger partial charge on any atom is 0.225 e. The van der Waals surface area contributed by atoms with E-state index in [-0.39, 0.29) is 12.3 Å². The van der Waals surface area contributed by atoms with Crippen LogP contribution in [0.25, 0.3) is 11.3 Å². The Morgan fingerprint density at radius 2 is 2.18 bits per heavy atom. The number of thiophene rings is 1. The molecule has 0 saturated carbocycles. The van der Waals surface area contributed by atoms with Crippen molar-refractivity contribution in [3.8, 4) is 11.3 Å². The van der Waals surface area contributed by atoms with Gasteiger partial charge < -0.3 is 14.3 Å². The number of nitrogens with zero attached hydrogens (tertiary/aromatic N) is 1. The lowest BCUT2D eigenvalue weighted by molar-refractivity contribution is -0.120. The van der Waals surface area contributed by atoms with Gasteiger partial charge in [-0.15, -0.1) is 0 Å². The van der Waals surface area contributed by atoms with E-state index < -0.39 is 0 Å². The van der Waals surface area contributed by atoms with E-state index in [1.54, 1.807) is 11.3 Å². The SMILES string of the molecule is Cc1noc(C)c1CC(=O)NCc1ccc(-c2ccsc2)o1. The van der Waals surface area contributed by atoms with Gasteiger partial charge in [-0.2, -0.15) is 11.3 Å². The molecular weight excluding hydrogens is 300 g/mol. The molecule has 22 heavy (non-hydrogen) atoms. The molecule has 0 aliphatic heterocycles. The molecule has 3 rings (SSSR count).